The number of nitrogens with one attached hydrogen (secondary N) is 1. The maximum Gasteiger partial charge on any atom is 0.242 e. The van der Waals surface area contributed by atoms with Crippen LogP contribution >= 0.6 is 23.2 Å². The van der Waals surface area contributed by atoms with E-state index in [1.54, 1.807) is 30.3 Å². The van der Waals surface area contributed by atoms with Gasteiger partial charge in [0, 0.05) is 13.6 Å². The molecule has 0 aliphatic rings. The largest absolute Gasteiger partial charge is 0.357 e. The molecule has 1 unspecified atom stereocenters. The molecule has 1 atom stereocenters. The van der Waals surface area contributed by atoms with Crippen LogP contribution in [0.25, 0.3) is 0 Å². The lowest BCUT2D eigenvalue weighted by Gasteiger charge is -2.30. The number of carbonyl (C=O) groups excluding carboxylic acids is 2. The van der Waals surface area contributed by atoms with Crippen LogP contribution in [-0.2, 0) is 22.6 Å². The van der Waals surface area contributed by atoms with Gasteiger partial charge in [0.1, 0.15) is 11.9 Å². The van der Waals surface area contributed by atoms with Crippen molar-refractivity contribution in [3.05, 3.63) is 69.5 Å². The van der Waals surface area contributed by atoms with Crippen molar-refractivity contribution in [1.29, 1.82) is 0 Å². The van der Waals surface area contributed by atoms with E-state index in [1.165, 1.54) is 24.1 Å². The number of nitrogens with zero attached hydrogens (tertiary/aromatic N) is 1. The lowest BCUT2D eigenvalue weighted by atomic mass is 10.1. The summed E-state index contributed by atoms with van der Waals surface area (Å²) in [4.78, 5) is 26.8. The van der Waals surface area contributed by atoms with E-state index in [2.05, 4.69) is 5.32 Å². The van der Waals surface area contributed by atoms with Crippen molar-refractivity contribution < 1.29 is 14.0 Å². The highest BCUT2D eigenvalue weighted by molar-refractivity contribution is 6.42. The summed E-state index contributed by atoms with van der Waals surface area (Å²) >= 11 is 11.9. The third-order valence-electron chi connectivity index (χ3n) is 4.24. The molecule has 0 aliphatic heterocycles. The van der Waals surface area contributed by atoms with E-state index in [1.807, 2.05) is 6.92 Å². The predicted molar refractivity (Wildman–Crippen MR) is 105 cm³/mol. The Balaban J connectivity index is 2.28. The number of rotatable bonds is 7. The van der Waals surface area contributed by atoms with Gasteiger partial charge in [-0.1, -0.05) is 48.3 Å². The molecule has 2 aromatic carbocycles. The van der Waals surface area contributed by atoms with E-state index in [9.17, 15) is 14.0 Å². The first-order valence-electron chi connectivity index (χ1n) is 8.55. The second-order valence-corrected chi connectivity index (χ2v) is 6.93. The average Bonchev–Trinajstić information content (AvgIpc) is 2.65. The first-order valence-corrected chi connectivity index (χ1v) is 9.30. The maximum absolute atomic E-state index is 13.2. The van der Waals surface area contributed by atoms with Gasteiger partial charge in [-0.05, 0) is 41.8 Å². The number of likely N-dealkylation sites (N-methyl/N-ethyl adjacent to an activating group) is 1. The fourth-order valence-corrected chi connectivity index (χ4v) is 3.12. The summed E-state index contributed by atoms with van der Waals surface area (Å²) < 4.78 is 13.2. The first kappa shape index (κ1) is 21.2. The zero-order valence-corrected chi connectivity index (χ0v) is 16.6. The molecular formula is C20H21Cl2FN2O2. The van der Waals surface area contributed by atoms with E-state index < -0.39 is 6.04 Å². The second kappa shape index (κ2) is 9.72. The van der Waals surface area contributed by atoms with Crippen molar-refractivity contribution >= 4 is 35.0 Å². The zero-order valence-electron chi connectivity index (χ0n) is 15.1. The minimum Gasteiger partial charge on any atom is -0.357 e. The third-order valence-corrected chi connectivity index (χ3v) is 4.98. The molecule has 0 aliphatic carbocycles. The Labute approximate surface area is 168 Å². The number of benzene rings is 2. The molecule has 0 fully saturated rings. The van der Waals surface area contributed by atoms with E-state index in [4.69, 9.17) is 23.2 Å². The van der Waals surface area contributed by atoms with Crippen molar-refractivity contribution in [3.63, 3.8) is 0 Å². The summed E-state index contributed by atoms with van der Waals surface area (Å²) in [5.74, 6) is -0.832. The molecule has 2 rings (SSSR count). The molecular weight excluding hydrogens is 390 g/mol. The van der Waals surface area contributed by atoms with Crippen LogP contribution in [0.15, 0.2) is 42.5 Å². The van der Waals surface area contributed by atoms with E-state index in [0.29, 0.717) is 22.0 Å². The molecule has 1 N–H and O–H groups in total. The summed E-state index contributed by atoms with van der Waals surface area (Å²) in [5, 5.41) is 3.37. The Morgan fingerprint density at radius 1 is 1.07 bits per heavy atom. The van der Waals surface area contributed by atoms with Crippen LogP contribution in [-0.4, -0.2) is 29.8 Å². The fourth-order valence-electron chi connectivity index (χ4n) is 2.80. The number of hydrogen-bond acceptors (Lipinski definition) is 2. The molecule has 0 saturated carbocycles. The highest BCUT2D eigenvalue weighted by atomic mass is 35.5. The Bertz CT molecular complexity index is 812. The fraction of sp³-hybridized carbons (Fsp3) is 0.300. The minimum atomic E-state index is -0.629. The number of halogens is 3. The molecule has 7 heteroatoms. The molecule has 0 aromatic heterocycles. The van der Waals surface area contributed by atoms with Gasteiger partial charge in [-0.2, -0.15) is 0 Å². The van der Waals surface area contributed by atoms with Gasteiger partial charge in [0.2, 0.25) is 11.8 Å². The van der Waals surface area contributed by atoms with Crippen molar-refractivity contribution in [2.24, 2.45) is 0 Å². The second-order valence-electron chi connectivity index (χ2n) is 6.11. The third kappa shape index (κ3) is 5.68. The van der Waals surface area contributed by atoms with Gasteiger partial charge in [-0.15, -0.1) is 0 Å². The highest BCUT2D eigenvalue weighted by Crippen LogP contribution is 2.23. The van der Waals surface area contributed by atoms with E-state index in [-0.39, 0.29) is 30.6 Å². The zero-order chi connectivity index (χ0) is 20.0. The van der Waals surface area contributed by atoms with Crippen molar-refractivity contribution in [2.45, 2.75) is 32.4 Å². The molecule has 4 nitrogen and oxygen atoms in total. The Morgan fingerprint density at radius 2 is 1.70 bits per heavy atom. The first-order chi connectivity index (χ1) is 12.8. The van der Waals surface area contributed by atoms with Crippen molar-refractivity contribution in [3.8, 4) is 0 Å². The lowest BCUT2D eigenvalue weighted by Crippen LogP contribution is -2.48. The van der Waals surface area contributed by atoms with Crippen LogP contribution in [0.3, 0.4) is 0 Å². The predicted octanol–water partition coefficient (Wildman–Crippen LogP) is 4.23. The van der Waals surface area contributed by atoms with Crippen LogP contribution in [0.1, 0.15) is 24.5 Å². The van der Waals surface area contributed by atoms with Gasteiger partial charge in [0.05, 0.1) is 16.5 Å². The molecule has 0 bridgehead atoms. The quantitative estimate of drug-likeness (QED) is 0.742. The normalized spacial score (nSPS) is 11.7. The van der Waals surface area contributed by atoms with Gasteiger partial charge in [0.15, 0.2) is 0 Å². The monoisotopic (exact) mass is 410 g/mol. The lowest BCUT2D eigenvalue weighted by molar-refractivity contribution is -0.140. The Morgan fingerprint density at radius 3 is 2.26 bits per heavy atom. The summed E-state index contributed by atoms with van der Waals surface area (Å²) in [7, 11) is 1.53. The summed E-state index contributed by atoms with van der Waals surface area (Å²) in [6.07, 6.45) is 0.527. The Kier molecular flexibility index (Phi) is 7.63. The molecule has 0 spiro atoms. The molecule has 0 heterocycles. The van der Waals surface area contributed by atoms with E-state index in [0.717, 1.165) is 5.56 Å². The molecule has 27 heavy (non-hydrogen) atoms. The molecule has 144 valence electrons. The van der Waals surface area contributed by atoms with Crippen molar-refractivity contribution in [1.82, 2.24) is 10.2 Å². The topological polar surface area (TPSA) is 49.4 Å². The van der Waals surface area contributed by atoms with Crippen LogP contribution in [0, 0.1) is 5.82 Å². The van der Waals surface area contributed by atoms with Crippen LogP contribution in [0.5, 0.6) is 0 Å². The number of carbonyl (C=O) groups is 2. The number of hydrogen-bond donors (Lipinski definition) is 1. The van der Waals surface area contributed by atoms with Gasteiger partial charge >= 0.3 is 0 Å². The molecule has 2 amide bonds. The molecule has 0 radical (unpaired) electrons. The van der Waals surface area contributed by atoms with Gasteiger partial charge < -0.3 is 10.2 Å². The highest BCUT2D eigenvalue weighted by Gasteiger charge is 2.28. The van der Waals surface area contributed by atoms with Crippen LogP contribution < -0.4 is 5.32 Å². The SMILES string of the molecule is CCC(C(=O)NC)N(Cc1ccc(F)cc1)C(=O)Cc1ccc(Cl)c(Cl)c1. The summed E-state index contributed by atoms with van der Waals surface area (Å²) in [6, 6.07) is 10.2. The standard InChI is InChI=1S/C20H21Cl2FN2O2/c1-3-18(20(27)24-2)25(12-13-4-7-15(23)8-5-13)19(26)11-14-6-9-16(21)17(22)10-14/h4-10,18H,3,11-12H2,1-2H3,(H,24,27). The maximum atomic E-state index is 13.2. The summed E-state index contributed by atoms with van der Waals surface area (Å²) in [5.41, 5.74) is 1.44. The van der Waals surface area contributed by atoms with Crippen LogP contribution in [0.2, 0.25) is 10.0 Å². The Hall–Kier alpha value is -2.11. The minimum absolute atomic E-state index is 0.0750. The molecule has 2 aromatic rings. The van der Waals surface area contributed by atoms with Crippen LogP contribution in [0.4, 0.5) is 4.39 Å². The average molecular weight is 411 g/mol. The summed E-state index contributed by atoms with van der Waals surface area (Å²) in [6.45, 7) is 2.04. The van der Waals surface area contributed by atoms with E-state index >= 15 is 0 Å². The number of amides is 2. The van der Waals surface area contributed by atoms with Gasteiger partial charge in [-0.25, -0.2) is 4.39 Å². The van der Waals surface area contributed by atoms with Gasteiger partial charge in [-0.3, -0.25) is 9.59 Å². The van der Waals surface area contributed by atoms with Crippen molar-refractivity contribution in [2.75, 3.05) is 7.05 Å². The molecule has 0 saturated heterocycles. The van der Waals surface area contributed by atoms with Gasteiger partial charge in [0.25, 0.3) is 0 Å². The smallest absolute Gasteiger partial charge is 0.242 e.